The van der Waals surface area contributed by atoms with Crippen LogP contribution in [0.2, 0.25) is 0 Å². The van der Waals surface area contributed by atoms with E-state index in [1.54, 1.807) is 36.4 Å². The average molecular weight is 437 g/mol. The Morgan fingerprint density at radius 1 is 0.935 bits per heavy atom. The average Bonchev–Trinajstić information content (AvgIpc) is 2.79. The molecule has 3 aromatic carbocycles. The van der Waals surface area contributed by atoms with Gasteiger partial charge in [-0.2, -0.15) is 0 Å². The first-order valence-electron chi connectivity index (χ1n) is 10.3. The minimum atomic E-state index is -3.79. The summed E-state index contributed by atoms with van der Waals surface area (Å²) in [4.78, 5) is 13.0. The second kappa shape index (κ2) is 9.35. The number of nitrogens with zero attached hydrogens (tertiary/aromatic N) is 1. The van der Waals surface area contributed by atoms with Crippen LogP contribution in [0.5, 0.6) is 0 Å². The molecule has 0 saturated carbocycles. The number of hydrogen-bond donors (Lipinski definition) is 1. The fourth-order valence-corrected chi connectivity index (χ4v) is 4.62. The van der Waals surface area contributed by atoms with Crippen molar-refractivity contribution in [1.82, 2.24) is 5.32 Å². The SMILES string of the molecule is CC[C@H](NC(=O)c1cccc(S(=O)(=O)N(C)c2ccccc2)c1)c1ccc(C)c(C)c1. The maximum Gasteiger partial charge on any atom is 0.264 e. The summed E-state index contributed by atoms with van der Waals surface area (Å²) < 4.78 is 27.4. The van der Waals surface area contributed by atoms with Crippen molar-refractivity contribution in [2.45, 2.75) is 38.1 Å². The van der Waals surface area contributed by atoms with Crippen molar-refractivity contribution in [3.05, 3.63) is 95.1 Å². The van der Waals surface area contributed by atoms with Crippen LogP contribution in [0.1, 0.15) is 46.4 Å². The summed E-state index contributed by atoms with van der Waals surface area (Å²) in [5.41, 5.74) is 4.27. The smallest absolute Gasteiger partial charge is 0.264 e. The second-order valence-corrected chi connectivity index (χ2v) is 9.58. The van der Waals surface area contributed by atoms with Gasteiger partial charge < -0.3 is 5.32 Å². The fraction of sp³-hybridized carbons (Fsp3) is 0.240. The van der Waals surface area contributed by atoms with Gasteiger partial charge in [0.1, 0.15) is 0 Å². The van der Waals surface area contributed by atoms with Gasteiger partial charge in [0, 0.05) is 12.6 Å². The monoisotopic (exact) mass is 436 g/mol. The molecule has 0 spiro atoms. The highest BCUT2D eigenvalue weighted by Crippen LogP contribution is 2.24. The molecule has 0 unspecified atom stereocenters. The van der Waals surface area contributed by atoms with Crippen molar-refractivity contribution >= 4 is 21.6 Å². The molecule has 3 rings (SSSR count). The number of sulfonamides is 1. The van der Waals surface area contributed by atoms with Crippen molar-refractivity contribution in [2.75, 3.05) is 11.4 Å². The third kappa shape index (κ3) is 4.97. The van der Waals surface area contributed by atoms with Gasteiger partial charge in [0.25, 0.3) is 15.9 Å². The molecule has 1 amide bonds. The number of benzene rings is 3. The Morgan fingerprint density at radius 2 is 1.65 bits per heavy atom. The lowest BCUT2D eigenvalue weighted by molar-refractivity contribution is 0.0935. The van der Waals surface area contributed by atoms with Crippen LogP contribution in [0.25, 0.3) is 0 Å². The molecule has 1 atom stereocenters. The molecule has 3 aromatic rings. The highest BCUT2D eigenvalue weighted by atomic mass is 32.2. The first kappa shape index (κ1) is 22.6. The Morgan fingerprint density at radius 3 is 2.29 bits per heavy atom. The third-order valence-corrected chi connectivity index (χ3v) is 7.30. The maximum absolute atomic E-state index is 13.1. The Balaban J connectivity index is 1.84. The van der Waals surface area contributed by atoms with E-state index in [-0.39, 0.29) is 16.8 Å². The molecule has 162 valence electrons. The molecule has 0 aliphatic heterocycles. The molecule has 1 N–H and O–H groups in total. The van der Waals surface area contributed by atoms with Gasteiger partial charge in [-0.15, -0.1) is 0 Å². The molecular formula is C25H28N2O3S. The van der Waals surface area contributed by atoms with Crippen LogP contribution in [-0.4, -0.2) is 21.4 Å². The number of amides is 1. The van der Waals surface area contributed by atoms with E-state index in [0.29, 0.717) is 11.3 Å². The first-order valence-corrected chi connectivity index (χ1v) is 11.7. The highest BCUT2D eigenvalue weighted by Gasteiger charge is 2.23. The number of carbonyl (C=O) groups is 1. The van der Waals surface area contributed by atoms with Crippen molar-refractivity contribution in [3.63, 3.8) is 0 Å². The maximum atomic E-state index is 13.1. The zero-order valence-electron chi connectivity index (χ0n) is 18.3. The zero-order valence-corrected chi connectivity index (χ0v) is 19.1. The molecule has 0 aromatic heterocycles. The third-order valence-electron chi connectivity index (χ3n) is 5.52. The van der Waals surface area contributed by atoms with Crippen molar-refractivity contribution in [1.29, 1.82) is 0 Å². The van der Waals surface area contributed by atoms with Gasteiger partial charge >= 0.3 is 0 Å². The van der Waals surface area contributed by atoms with Crippen molar-refractivity contribution in [2.24, 2.45) is 0 Å². The molecule has 0 aliphatic rings. The number of hydrogen-bond acceptors (Lipinski definition) is 3. The van der Waals surface area contributed by atoms with Gasteiger partial charge in [0.15, 0.2) is 0 Å². The molecular weight excluding hydrogens is 408 g/mol. The van der Waals surface area contributed by atoms with Crippen LogP contribution in [0.4, 0.5) is 5.69 Å². The minimum absolute atomic E-state index is 0.0748. The van der Waals surface area contributed by atoms with Crippen LogP contribution in [0.3, 0.4) is 0 Å². The second-order valence-electron chi connectivity index (χ2n) is 7.61. The molecule has 6 heteroatoms. The van der Waals surface area contributed by atoms with E-state index in [9.17, 15) is 13.2 Å². The summed E-state index contributed by atoms with van der Waals surface area (Å²) in [5.74, 6) is -0.301. The predicted octanol–water partition coefficient (Wildman–Crippen LogP) is 5.01. The molecule has 0 heterocycles. The highest BCUT2D eigenvalue weighted by molar-refractivity contribution is 7.92. The summed E-state index contributed by atoms with van der Waals surface area (Å²) >= 11 is 0. The number of carbonyl (C=O) groups excluding carboxylic acids is 1. The molecule has 5 nitrogen and oxygen atoms in total. The minimum Gasteiger partial charge on any atom is -0.345 e. The lowest BCUT2D eigenvalue weighted by atomic mass is 9.99. The Labute approximate surface area is 184 Å². The molecule has 0 fully saturated rings. The molecule has 31 heavy (non-hydrogen) atoms. The zero-order chi connectivity index (χ0) is 22.6. The normalized spacial score (nSPS) is 12.3. The number of anilines is 1. The van der Waals surface area contributed by atoms with Gasteiger partial charge in [-0.1, -0.05) is 49.4 Å². The Kier molecular flexibility index (Phi) is 6.81. The Bertz CT molecular complexity index is 1170. The number of rotatable bonds is 7. The number of nitrogens with one attached hydrogen (secondary N) is 1. The largest absolute Gasteiger partial charge is 0.345 e. The molecule has 0 saturated heterocycles. The summed E-state index contributed by atoms with van der Waals surface area (Å²) in [6.07, 6.45) is 0.725. The van der Waals surface area contributed by atoms with Crippen molar-refractivity contribution < 1.29 is 13.2 Å². The van der Waals surface area contributed by atoms with Gasteiger partial charge in [-0.05, 0) is 67.3 Å². The van der Waals surface area contributed by atoms with Gasteiger partial charge in [0.05, 0.1) is 16.6 Å². The van der Waals surface area contributed by atoms with E-state index < -0.39 is 10.0 Å². The number of aryl methyl sites for hydroxylation is 2. The van der Waals surface area contributed by atoms with Gasteiger partial charge in [0.2, 0.25) is 0 Å². The molecule has 0 aliphatic carbocycles. The van der Waals surface area contributed by atoms with Gasteiger partial charge in [-0.25, -0.2) is 8.42 Å². The molecule has 0 radical (unpaired) electrons. The van der Waals surface area contributed by atoms with Crippen LogP contribution in [-0.2, 0) is 10.0 Å². The van der Waals surface area contributed by atoms with Crippen LogP contribution in [0.15, 0.2) is 77.7 Å². The Hall–Kier alpha value is -3.12. The van der Waals surface area contributed by atoms with Crippen molar-refractivity contribution in [3.8, 4) is 0 Å². The van der Waals surface area contributed by atoms with Gasteiger partial charge in [-0.3, -0.25) is 9.10 Å². The number of para-hydroxylation sites is 1. The van der Waals surface area contributed by atoms with Crippen LogP contribution in [0, 0.1) is 13.8 Å². The molecule has 0 bridgehead atoms. The fourth-order valence-electron chi connectivity index (χ4n) is 3.38. The van der Waals surface area contributed by atoms with E-state index >= 15 is 0 Å². The quantitative estimate of drug-likeness (QED) is 0.566. The van der Waals surface area contributed by atoms with Crippen LogP contribution < -0.4 is 9.62 Å². The predicted molar refractivity (Wildman–Crippen MR) is 125 cm³/mol. The summed E-state index contributed by atoms with van der Waals surface area (Å²) in [6.45, 7) is 6.11. The van der Waals surface area contributed by atoms with E-state index in [1.807, 2.05) is 32.0 Å². The lowest BCUT2D eigenvalue weighted by Gasteiger charge is -2.21. The summed E-state index contributed by atoms with van der Waals surface area (Å²) in [7, 11) is -2.29. The van der Waals surface area contributed by atoms with E-state index in [0.717, 1.165) is 12.0 Å². The standard InChI is InChI=1S/C25H28N2O3S/c1-5-24(20-15-14-18(2)19(3)16-20)26-25(28)21-10-9-13-23(17-21)31(29,30)27(4)22-11-7-6-8-12-22/h6-17,24H,5H2,1-4H3,(H,26,28)/t24-/m0/s1. The lowest BCUT2D eigenvalue weighted by Crippen LogP contribution is -2.29. The van der Waals surface area contributed by atoms with E-state index in [1.165, 1.54) is 34.6 Å². The van der Waals surface area contributed by atoms with E-state index in [2.05, 4.69) is 18.3 Å². The summed E-state index contributed by atoms with van der Waals surface area (Å²) in [5, 5.41) is 3.04. The summed E-state index contributed by atoms with van der Waals surface area (Å²) in [6, 6.07) is 21.0. The van der Waals surface area contributed by atoms with E-state index in [4.69, 9.17) is 0 Å². The topological polar surface area (TPSA) is 66.5 Å². The van der Waals surface area contributed by atoms with Crippen LogP contribution >= 0.6 is 0 Å². The first-order chi connectivity index (χ1) is 14.7.